The molecule has 10 nitrogen and oxygen atoms in total. The molecule has 0 saturated heterocycles. The summed E-state index contributed by atoms with van der Waals surface area (Å²) in [6.07, 6.45) is 5.20. The highest BCUT2D eigenvalue weighted by Crippen LogP contribution is 2.60. The van der Waals surface area contributed by atoms with Gasteiger partial charge in [0.2, 0.25) is 18.2 Å². The molecule has 214 valence electrons. The third-order valence-corrected chi connectivity index (χ3v) is 8.23. The molecule has 1 spiro atoms. The maximum Gasteiger partial charge on any atom is 0.407 e. The second kappa shape index (κ2) is 11.9. The average Bonchev–Trinajstić information content (AvgIpc) is 3.63. The van der Waals surface area contributed by atoms with Crippen molar-refractivity contribution in [1.82, 2.24) is 21.2 Å². The highest BCUT2D eigenvalue weighted by atomic mass is 16.7. The van der Waals surface area contributed by atoms with Gasteiger partial charge in [0.05, 0.1) is 6.04 Å². The number of carbonyl (C=O) groups is 4. The van der Waals surface area contributed by atoms with Crippen molar-refractivity contribution >= 4 is 24.3 Å². The van der Waals surface area contributed by atoms with Crippen LogP contribution in [0.5, 0.6) is 0 Å². The minimum absolute atomic E-state index is 0.000565. The Labute approximate surface area is 230 Å². The zero-order valence-electron chi connectivity index (χ0n) is 23.4. The van der Waals surface area contributed by atoms with Gasteiger partial charge < -0.3 is 10.1 Å². The Morgan fingerprint density at radius 1 is 1.08 bits per heavy atom. The van der Waals surface area contributed by atoms with Crippen molar-refractivity contribution < 1.29 is 28.8 Å². The molecule has 3 saturated carbocycles. The zero-order valence-corrected chi connectivity index (χ0v) is 23.4. The molecule has 0 radical (unpaired) electrons. The number of nitrogens with one attached hydrogen (secondary N) is 3. The summed E-state index contributed by atoms with van der Waals surface area (Å²) in [6.45, 7) is 7.77. The molecule has 3 atom stereocenters. The van der Waals surface area contributed by atoms with Gasteiger partial charge in [0.1, 0.15) is 12.2 Å². The Morgan fingerprint density at radius 3 is 2.38 bits per heavy atom. The largest absolute Gasteiger partial charge is 0.444 e. The first kappa shape index (κ1) is 28.9. The fourth-order valence-electron chi connectivity index (χ4n) is 5.91. The molecule has 4 rings (SSSR count). The first-order chi connectivity index (χ1) is 18.5. The van der Waals surface area contributed by atoms with E-state index >= 15 is 0 Å². The first-order valence-corrected chi connectivity index (χ1v) is 14.0. The third kappa shape index (κ3) is 7.71. The lowest BCUT2D eigenvalue weighted by Crippen LogP contribution is -2.53. The van der Waals surface area contributed by atoms with Crippen molar-refractivity contribution in [3.8, 4) is 0 Å². The molecular formula is C29H42N4O6. The molecule has 0 heterocycles. The topological polar surface area (TPSA) is 126 Å². The normalized spacial score (nSPS) is 27.0. The SMILES string of the molecule is CC1C[C@H](N(C=O)OCc2ccccc2)C2(CC2)C[C@H]1C(=O)NNC(=O)CC1CC(NC(=O)OC(C)(C)C)C1. The molecule has 1 unspecified atom stereocenters. The van der Waals surface area contributed by atoms with Crippen LogP contribution < -0.4 is 16.2 Å². The van der Waals surface area contributed by atoms with Crippen molar-refractivity contribution in [2.24, 2.45) is 23.2 Å². The highest BCUT2D eigenvalue weighted by molar-refractivity contribution is 5.83. The number of hydrazine groups is 1. The van der Waals surface area contributed by atoms with E-state index in [1.165, 1.54) is 5.06 Å². The molecule has 3 aliphatic carbocycles. The van der Waals surface area contributed by atoms with Gasteiger partial charge in [0.25, 0.3) is 0 Å². The van der Waals surface area contributed by atoms with Crippen molar-refractivity contribution in [2.45, 2.75) is 96.9 Å². The van der Waals surface area contributed by atoms with Gasteiger partial charge in [0, 0.05) is 18.4 Å². The molecule has 0 aliphatic heterocycles. The maximum atomic E-state index is 13.0. The first-order valence-electron chi connectivity index (χ1n) is 14.0. The molecule has 39 heavy (non-hydrogen) atoms. The molecule has 10 heteroatoms. The lowest BCUT2D eigenvalue weighted by atomic mass is 9.69. The fraction of sp³-hybridized carbons (Fsp3) is 0.655. The van der Waals surface area contributed by atoms with E-state index < -0.39 is 11.7 Å². The monoisotopic (exact) mass is 542 g/mol. The quantitative estimate of drug-likeness (QED) is 0.323. The molecule has 4 amide bonds. The third-order valence-electron chi connectivity index (χ3n) is 8.23. The van der Waals surface area contributed by atoms with Gasteiger partial charge in [-0.15, -0.1) is 0 Å². The molecule has 3 fully saturated rings. The van der Waals surface area contributed by atoms with E-state index in [0.29, 0.717) is 32.3 Å². The van der Waals surface area contributed by atoms with Crippen LogP contribution in [0, 0.1) is 23.2 Å². The fourth-order valence-corrected chi connectivity index (χ4v) is 5.91. The molecule has 1 aromatic rings. The smallest absolute Gasteiger partial charge is 0.407 e. The number of nitrogens with zero attached hydrogens (tertiary/aromatic N) is 1. The minimum Gasteiger partial charge on any atom is -0.444 e. The number of alkyl carbamates (subject to hydrolysis) is 1. The van der Waals surface area contributed by atoms with Gasteiger partial charge in [-0.2, -0.15) is 0 Å². The predicted octanol–water partition coefficient (Wildman–Crippen LogP) is 3.61. The summed E-state index contributed by atoms with van der Waals surface area (Å²) in [6, 6.07) is 9.64. The lowest BCUT2D eigenvalue weighted by Gasteiger charge is -2.43. The Morgan fingerprint density at radius 2 is 1.77 bits per heavy atom. The number of hydrogen-bond donors (Lipinski definition) is 3. The van der Waals surface area contributed by atoms with Crippen LogP contribution in [0.1, 0.15) is 78.2 Å². The summed E-state index contributed by atoms with van der Waals surface area (Å²) < 4.78 is 5.26. The van der Waals surface area contributed by atoms with Crippen LogP contribution in [0.25, 0.3) is 0 Å². The molecule has 1 aromatic carbocycles. The van der Waals surface area contributed by atoms with Crippen LogP contribution in [0.2, 0.25) is 0 Å². The van der Waals surface area contributed by atoms with Gasteiger partial charge >= 0.3 is 6.09 Å². The van der Waals surface area contributed by atoms with Crippen LogP contribution in [-0.2, 0) is 30.6 Å². The van der Waals surface area contributed by atoms with Crippen molar-refractivity contribution in [2.75, 3.05) is 0 Å². The van der Waals surface area contributed by atoms with E-state index in [1.807, 2.05) is 58.0 Å². The number of hydrogen-bond acceptors (Lipinski definition) is 6. The van der Waals surface area contributed by atoms with Crippen molar-refractivity contribution in [1.29, 1.82) is 0 Å². The van der Waals surface area contributed by atoms with Gasteiger partial charge in [-0.1, -0.05) is 37.3 Å². The number of hydroxylamine groups is 2. The van der Waals surface area contributed by atoms with E-state index in [0.717, 1.165) is 24.8 Å². The lowest BCUT2D eigenvalue weighted by molar-refractivity contribution is -0.209. The summed E-state index contributed by atoms with van der Waals surface area (Å²) in [5.41, 5.74) is 5.52. The highest BCUT2D eigenvalue weighted by Gasteiger charge is 2.58. The van der Waals surface area contributed by atoms with E-state index in [2.05, 4.69) is 16.2 Å². The van der Waals surface area contributed by atoms with Gasteiger partial charge in [0.15, 0.2) is 0 Å². The Bertz CT molecular complexity index is 1030. The predicted molar refractivity (Wildman–Crippen MR) is 143 cm³/mol. The second-order valence-corrected chi connectivity index (χ2v) is 12.5. The van der Waals surface area contributed by atoms with E-state index in [-0.39, 0.29) is 53.5 Å². The average molecular weight is 543 g/mol. The summed E-state index contributed by atoms with van der Waals surface area (Å²) >= 11 is 0. The molecule has 0 aromatic heterocycles. The Kier molecular flexibility index (Phi) is 8.83. The Hall–Kier alpha value is -3.14. The van der Waals surface area contributed by atoms with Crippen molar-refractivity contribution in [3.63, 3.8) is 0 Å². The summed E-state index contributed by atoms with van der Waals surface area (Å²) in [4.78, 5) is 55.2. The van der Waals surface area contributed by atoms with Crippen LogP contribution >= 0.6 is 0 Å². The summed E-state index contributed by atoms with van der Waals surface area (Å²) in [7, 11) is 0. The number of rotatable bonds is 9. The molecule has 3 aliphatic rings. The zero-order chi connectivity index (χ0) is 28.2. The van der Waals surface area contributed by atoms with Crippen LogP contribution in [0.15, 0.2) is 30.3 Å². The van der Waals surface area contributed by atoms with E-state index in [1.54, 1.807) is 0 Å². The van der Waals surface area contributed by atoms with Crippen LogP contribution in [0.3, 0.4) is 0 Å². The molecule has 3 N–H and O–H groups in total. The van der Waals surface area contributed by atoms with Gasteiger partial charge in [-0.25, -0.2) is 9.86 Å². The maximum absolute atomic E-state index is 13.0. The number of amides is 4. The number of benzene rings is 1. The van der Waals surface area contributed by atoms with Crippen molar-refractivity contribution in [3.05, 3.63) is 35.9 Å². The minimum atomic E-state index is -0.550. The second-order valence-electron chi connectivity index (χ2n) is 12.5. The van der Waals surface area contributed by atoms with Crippen LogP contribution in [0.4, 0.5) is 4.79 Å². The number of ether oxygens (including phenoxy) is 1. The Balaban J connectivity index is 1.19. The standard InChI is InChI=1S/C29H42N4O6/c1-19-12-24(33(18-34)38-17-20-8-6-5-7-9-20)29(10-11-29)16-23(19)26(36)32-31-25(35)15-21-13-22(14-21)30-27(37)39-28(2,3)4/h5-9,18-19,21-24H,10-17H2,1-4H3,(H,30,37)(H,31,35)(H,32,36)/t19?,21?,22?,23-,24+/m1/s1. The summed E-state index contributed by atoms with van der Waals surface area (Å²) in [5.74, 6) is -0.518. The van der Waals surface area contributed by atoms with E-state index in [4.69, 9.17) is 9.57 Å². The number of carbonyl (C=O) groups excluding carboxylic acids is 4. The van der Waals surface area contributed by atoms with E-state index in [9.17, 15) is 19.2 Å². The van der Waals surface area contributed by atoms with Crippen LogP contribution in [-0.4, -0.2) is 47.1 Å². The summed E-state index contributed by atoms with van der Waals surface area (Å²) in [5, 5.41) is 4.28. The molecular weight excluding hydrogens is 500 g/mol. The molecule has 0 bridgehead atoms. The van der Waals surface area contributed by atoms with Gasteiger partial charge in [-0.3, -0.25) is 30.1 Å². The van der Waals surface area contributed by atoms with Gasteiger partial charge in [-0.05, 0) is 82.1 Å².